The van der Waals surface area contributed by atoms with Gasteiger partial charge in [0.15, 0.2) is 0 Å². The predicted octanol–water partition coefficient (Wildman–Crippen LogP) is 4.86. The number of anilines is 1. The highest BCUT2D eigenvalue weighted by molar-refractivity contribution is 5.82. The number of unbranched alkanes of at least 4 members (excludes halogenated alkanes) is 2. The van der Waals surface area contributed by atoms with Crippen molar-refractivity contribution in [2.45, 2.75) is 77.7 Å². The molecular formula is C23H33NO4. The van der Waals surface area contributed by atoms with Gasteiger partial charge in [0, 0.05) is 62.7 Å². The maximum absolute atomic E-state index is 12.1. The van der Waals surface area contributed by atoms with Crippen molar-refractivity contribution in [2.75, 3.05) is 18.5 Å². The molecule has 154 valence electrons. The number of carbonyl (C=O) groups is 2. The average molecular weight is 388 g/mol. The number of benzene rings is 1. The van der Waals surface area contributed by atoms with E-state index in [0.717, 1.165) is 42.8 Å². The number of ketones is 1. The molecule has 0 spiro atoms. The van der Waals surface area contributed by atoms with Gasteiger partial charge in [0.1, 0.15) is 17.3 Å². The molecule has 1 heterocycles. The van der Waals surface area contributed by atoms with Crippen LogP contribution in [0.4, 0.5) is 5.69 Å². The third-order valence-corrected chi connectivity index (χ3v) is 6.00. The minimum atomic E-state index is -0.345. The van der Waals surface area contributed by atoms with Gasteiger partial charge in [0.05, 0.1) is 6.10 Å². The van der Waals surface area contributed by atoms with Crippen molar-refractivity contribution < 1.29 is 19.1 Å². The molecular weight excluding hydrogens is 354 g/mol. The molecule has 5 heteroatoms. The molecule has 1 fully saturated rings. The van der Waals surface area contributed by atoms with E-state index in [2.05, 4.69) is 25.8 Å². The largest absolute Gasteiger partial charge is 0.491 e. The zero-order valence-corrected chi connectivity index (χ0v) is 17.6. The Labute approximate surface area is 168 Å². The maximum Gasteiger partial charge on any atom is 0.308 e. The van der Waals surface area contributed by atoms with E-state index in [1.165, 1.54) is 19.8 Å². The summed E-state index contributed by atoms with van der Waals surface area (Å²) in [6.07, 6.45) is 6.74. The van der Waals surface area contributed by atoms with Gasteiger partial charge in [-0.3, -0.25) is 9.59 Å². The molecule has 28 heavy (non-hydrogen) atoms. The van der Waals surface area contributed by atoms with Crippen molar-refractivity contribution in [3.63, 3.8) is 0 Å². The second-order valence-corrected chi connectivity index (χ2v) is 8.40. The molecule has 1 aromatic rings. The number of esters is 1. The van der Waals surface area contributed by atoms with Gasteiger partial charge in [-0.25, -0.2) is 0 Å². The van der Waals surface area contributed by atoms with E-state index in [9.17, 15) is 9.59 Å². The van der Waals surface area contributed by atoms with Crippen LogP contribution in [0, 0.1) is 5.92 Å². The fraction of sp³-hybridized carbons (Fsp3) is 0.652. The summed E-state index contributed by atoms with van der Waals surface area (Å²) < 4.78 is 11.8. The van der Waals surface area contributed by atoms with E-state index < -0.39 is 0 Å². The van der Waals surface area contributed by atoms with E-state index in [4.69, 9.17) is 9.47 Å². The highest BCUT2D eigenvalue weighted by Crippen LogP contribution is 2.50. The Morgan fingerprint density at radius 2 is 2.11 bits per heavy atom. The first-order valence-corrected chi connectivity index (χ1v) is 10.6. The molecule has 0 bridgehead atoms. The number of Topliss-reactive ketones (excluding diaryl/α,β-unsaturated/α-hetero) is 1. The van der Waals surface area contributed by atoms with Gasteiger partial charge in [0.25, 0.3) is 0 Å². The minimum absolute atomic E-state index is 0.104. The van der Waals surface area contributed by atoms with Gasteiger partial charge in [-0.15, -0.1) is 0 Å². The highest BCUT2D eigenvalue weighted by atomic mass is 16.5. The lowest BCUT2D eigenvalue weighted by Crippen LogP contribution is -2.39. The van der Waals surface area contributed by atoms with E-state index in [1.807, 2.05) is 12.1 Å². The molecule has 3 atom stereocenters. The smallest absolute Gasteiger partial charge is 0.308 e. The van der Waals surface area contributed by atoms with Crippen LogP contribution < -0.4 is 14.4 Å². The Morgan fingerprint density at radius 3 is 2.82 bits per heavy atom. The molecule has 0 aromatic heterocycles. The van der Waals surface area contributed by atoms with Gasteiger partial charge in [0.2, 0.25) is 0 Å². The van der Waals surface area contributed by atoms with Crippen LogP contribution in [0.25, 0.3) is 0 Å². The van der Waals surface area contributed by atoms with Crippen molar-refractivity contribution in [3.8, 4) is 11.5 Å². The fourth-order valence-electron chi connectivity index (χ4n) is 4.62. The van der Waals surface area contributed by atoms with Gasteiger partial charge in [-0.1, -0.05) is 19.8 Å². The summed E-state index contributed by atoms with van der Waals surface area (Å²) in [5.74, 6) is 1.78. The van der Waals surface area contributed by atoms with Crippen LogP contribution in [0.5, 0.6) is 11.5 Å². The lowest BCUT2D eigenvalue weighted by molar-refractivity contribution is -0.131. The summed E-state index contributed by atoms with van der Waals surface area (Å²) in [6.45, 7) is 6.61. The number of hydrogen-bond acceptors (Lipinski definition) is 5. The quantitative estimate of drug-likeness (QED) is 0.380. The monoisotopic (exact) mass is 387 g/mol. The van der Waals surface area contributed by atoms with Crippen LogP contribution in [-0.2, 0) is 9.59 Å². The van der Waals surface area contributed by atoms with Crippen molar-refractivity contribution >= 4 is 17.4 Å². The van der Waals surface area contributed by atoms with Crippen molar-refractivity contribution in [3.05, 3.63) is 17.7 Å². The molecule has 0 radical (unpaired) electrons. The van der Waals surface area contributed by atoms with Crippen molar-refractivity contribution in [1.29, 1.82) is 0 Å². The summed E-state index contributed by atoms with van der Waals surface area (Å²) in [5.41, 5.74) is 2.01. The topological polar surface area (TPSA) is 55.8 Å². The molecule has 3 rings (SSSR count). The SMILES string of the molecule is CCCCCC(C)Oc1cc(OC(C)=O)c2c(c1)N(C)CC1CCC(=O)CC21. The molecule has 1 aromatic carbocycles. The summed E-state index contributed by atoms with van der Waals surface area (Å²) in [6, 6.07) is 3.89. The van der Waals surface area contributed by atoms with E-state index in [-0.39, 0.29) is 18.0 Å². The van der Waals surface area contributed by atoms with Gasteiger partial charge in [-0.2, -0.15) is 0 Å². The first-order chi connectivity index (χ1) is 13.4. The second-order valence-electron chi connectivity index (χ2n) is 8.40. The molecule has 0 saturated heterocycles. The van der Waals surface area contributed by atoms with E-state index in [1.54, 1.807) is 0 Å². The summed E-state index contributed by atoms with van der Waals surface area (Å²) in [7, 11) is 2.07. The molecule has 2 aliphatic rings. The molecule has 1 saturated carbocycles. The molecule has 1 aliphatic carbocycles. The summed E-state index contributed by atoms with van der Waals surface area (Å²) in [5, 5.41) is 0. The fourth-order valence-corrected chi connectivity index (χ4v) is 4.62. The third-order valence-electron chi connectivity index (χ3n) is 6.00. The lowest BCUT2D eigenvalue weighted by atomic mass is 9.71. The van der Waals surface area contributed by atoms with E-state index >= 15 is 0 Å². The normalized spacial score (nSPS) is 22.3. The Balaban J connectivity index is 1.92. The summed E-state index contributed by atoms with van der Waals surface area (Å²) in [4.78, 5) is 26.1. The number of fused-ring (bicyclic) bond motifs is 3. The summed E-state index contributed by atoms with van der Waals surface area (Å²) >= 11 is 0. The minimum Gasteiger partial charge on any atom is -0.491 e. The van der Waals surface area contributed by atoms with Crippen LogP contribution >= 0.6 is 0 Å². The van der Waals surface area contributed by atoms with Gasteiger partial charge >= 0.3 is 5.97 Å². The molecule has 5 nitrogen and oxygen atoms in total. The maximum atomic E-state index is 12.1. The molecule has 0 N–H and O–H groups in total. The standard InChI is InChI=1S/C23H33NO4/c1-5-6-7-8-15(2)27-19-12-21-23(22(13-19)28-16(3)25)20-11-18(26)10-9-17(20)14-24(21)4/h12-13,15,17,20H,5-11,14H2,1-4H3. The molecule has 0 amide bonds. The zero-order valence-electron chi connectivity index (χ0n) is 17.6. The number of nitrogens with zero attached hydrogens (tertiary/aromatic N) is 1. The van der Waals surface area contributed by atoms with Gasteiger partial charge in [-0.05, 0) is 32.1 Å². The van der Waals surface area contributed by atoms with Crippen molar-refractivity contribution in [2.24, 2.45) is 5.92 Å². The first-order valence-electron chi connectivity index (χ1n) is 10.6. The second kappa shape index (κ2) is 8.97. The van der Waals surface area contributed by atoms with Gasteiger partial charge < -0.3 is 14.4 Å². The highest BCUT2D eigenvalue weighted by Gasteiger charge is 2.39. The first kappa shape index (κ1) is 20.7. The number of hydrogen-bond donors (Lipinski definition) is 0. The van der Waals surface area contributed by atoms with E-state index in [0.29, 0.717) is 30.3 Å². The van der Waals surface area contributed by atoms with Crippen LogP contribution in [0.1, 0.15) is 77.2 Å². The molecule has 1 aliphatic heterocycles. The number of rotatable bonds is 7. The Hall–Kier alpha value is -2.04. The number of carbonyl (C=O) groups excluding carboxylic acids is 2. The predicted molar refractivity (Wildman–Crippen MR) is 110 cm³/mol. The molecule has 3 unspecified atom stereocenters. The van der Waals surface area contributed by atoms with Crippen molar-refractivity contribution in [1.82, 2.24) is 0 Å². The van der Waals surface area contributed by atoms with Crippen LogP contribution in [0.2, 0.25) is 0 Å². The average Bonchev–Trinajstić information content (AvgIpc) is 2.62. The van der Waals surface area contributed by atoms with Crippen LogP contribution in [0.15, 0.2) is 12.1 Å². The van der Waals surface area contributed by atoms with Crippen LogP contribution in [-0.4, -0.2) is 31.4 Å². The van der Waals surface area contributed by atoms with Crippen LogP contribution in [0.3, 0.4) is 0 Å². The zero-order chi connectivity index (χ0) is 20.3. The Bertz CT molecular complexity index is 730. The third kappa shape index (κ3) is 4.68. The number of ether oxygens (including phenoxy) is 2. The lowest BCUT2D eigenvalue weighted by Gasteiger charge is -2.42. The Kier molecular flexibility index (Phi) is 6.63. The Morgan fingerprint density at radius 1 is 1.32 bits per heavy atom.